The van der Waals surface area contributed by atoms with E-state index in [1.807, 2.05) is 34.7 Å². The number of amides is 1. The van der Waals surface area contributed by atoms with Crippen LogP contribution in [0.1, 0.15) is 28.7 Å². The third-order valence-electron chi connectivity index (χ3n) is 5.61. The van der Waals surface area contributed by atoms with E-state index in [0.717, 1.165) is 35.9 Å². The zero-order valence-corrected chi connectivity index (χ0v) is 15.4. The van der Waals surface area contributed by atoms with Crippen LogP contribution < -0.4 is 4.90 Å². The van der Waals surface area contributed by atoms with Crippen LogP contribution in [-0.2, 0) is 5.54 Å². The molecule has 0 N–H and O–H groups in total. The van der Waals surface area contributed by atoms with Crippen molar-refractivity contribution in [2.75, 3.05) is 24.5 Å². The van der Waals surface area contributed by atoms with E-state index in [-0.39, 0.29) is 11.4 Å². The molecule has 5 heterocycles. The lowest BCUT2D eigenvalue weighted by molar-refractivity contribution is 0.0787. The van der Waals surface area contributed by atoms with Crippen LogP contribution in [0.4, 0.5) is 5.69 Å². The number of likely N-dealkylation sites (tertiary alicyclic amines) is 1. The lowest BCUT2D eigenvalue weighted by atomic mass is 9.89. The summed E-state index contributed by atoms with van der Waals surface area (Å²) in [6, 6.07) is 12.2. The van der Waals surface area contributed by atoms with Gasteiger partial charge in [0, 0.05) is 32.0 Å². The molecule has 0 aliphatic carbocycles. The van der Waals surface area contributed by atoms with Gasteiger partial charge in [0.25, 0.3) is 5.91 Å². The third-order valence-corrected chi connectivity index (χ3v) is 6.47. The van der Waals surface area contributed by atoms with Crippen LogP contribution in [0.3, 0.4) is 0 Å². The highest BCUT2D eigenvalue weighted by Crippen LogP contribution is 2.46. The van der Waals surface area contributed by atoms with Crippen LogP contribution in [-0.4, -0.2) is 40.0 Å². The lowest BCUT2D eigenvalue weighted by Gasteiger charge is -2.46. The number of fused-ring (bicyclic) bond motifs is 4. The van der Waals surface area contributed by atoms with E-state index in [1.54, 1.807) is 0 Å². The zero-order chi connectivity index (χ0) is 17.7. The highest BCUT2D eigenvalue weighted by Gasteiger charge is 2.50. The fourth-order valence-electron chi connectivity index (χ4n) is 4.52. The lowest BCUT2D eigenvalue weighted by Crippen LogP contribution is -2.52. The number of pyridine rings is 1. The Labute approximate surface area is 156 Å². The van der Waals surface area contributed by atoms with Gasteiger partial charge < -0.3 is 14.4 Å². The van der Waals surface area contributed by atoms with Crippen molar-refractivity contribution in [3.63, 3.8) is 0 Å². The molecule has 0 aromatic carbocycles. The van der Waals surface area contributed by atoms with Crippen LogP contribution in [0, 0.1) is 0 Å². The predicted molar refractivity (Wildman–Crippen MR) is 103 cm³/mol. The average Bonchev–Trinajstić information content (AvgIpc) is 3.42. The minimum Gasteiger partial charge on any atom is -0.356 e. The first kappa shape index (κ1) is 15.6. The maximum Gasteiger partial charge on any atom is 0.264 e. The number of hydrogen-bond acceptors (Lipinski definition) is 4. The molecule has 0 radical (unpaired) electrons. The summed E-state index contributed by atoms with van der Waals surface area (Å²) in [6.07, 6.45) is 4.85. The molecule has 5 nitrogen and oxygen atoms in total. The summed E-state index contributed by atoms with van der Waals surface area (Å²) in [7, 11) is 0. The van der Waals surface area contributed by atoms with Crippen LogP contribution >= 0.6 is 11.3 Å². The molecule has 3 aromatic heterocycles. The van der Waals surface area contributed by atoms with E-state index in [1.165, 1.54) is 17.0 Å². The minimum absolute atomic E-state index is 0.142. The Morgan fingerprint density at radius 3 is 3.00 bits per heavy atom. The van der Waals surface area contributed by atoms with Gasteiger partial charge in [0.2, 0.25) is 0 Å². The van der Waals surface area contributed by atoms with E-state index >= 15 is 0 Å². The highest BCUT2D eigenvalue weighted by atomic mass is 32.1. The van der Waals surface area contributed by atoms with Crippen molar-refractivity contribution in [3.05, 3.63) is 64.7 Å². The highest BCUT2D eigenvalue weighted by molar-refractivity contribution is 7.12. The van der Waals surface area contributed by atoms with Gasteiger partial charge in [0.1, 0.15) is 5.54 Å². The number of nitrogens with zero attached hydrogens (tertiary/aromatic N) is 4. The Morgan fingerprint density at radius 1 is 1.27 bits per heavy atom. The summed E-state index contributed by atoms with van der Waals surface area (Å²) in [5.41, 5.74) is 2.18. The van der Waals surface area contributed by atoms with Crippen LogP contribution in [0.2, 0.25) is 0 Å². The van der Waals surface area contributed by atoms with Gasteiger partial charge in [-0.2, -0.15) is 0 Å². The summed E-state index contributed by atoms with van der Waals surface area (Å²) >= 11 is 1.52. The van der Waals surface area contributed by atoms with Gasteiger partial charge in [-0.3, -0.25) is 4.79 Å². The summed E-state index contributed by atoms with van der Waals surface area (Å²) in [4.78, 5) is 22.8. The van der Waals surface area contributed by atoms with Crippen molar-refractivity contribution in [1.82, 2.24) is 14.5 Å². The normalized spacial score (nSPS) is 21.1. The average molecular weight is 364 g/mol. The zero-order valence-electron chi connectivity index (χ0n) is 14.6. The molecule has 1 saturated heterocycles. The van der Waals surface area contributed by atoms with Gasteiger partial charge in [0.15, 0.2) is 5.82 Å². The third kappa shape index (κ3) is 2.02. The van der Waals surface area contributed by atoms with Crippen molar-refractivity contribution in [2.24, 2.45) is 0 Å². The fourth-order valence-corrected chi connectivity index (χ4v) is 5.21. The molecule has 3 aromatic rings. The van der Waals surface area contributed by atoms with Crippen LogP contribution in [0.25, 0.3) is 5.82 Å². The molecule has 0 unspecified atom stereocenters. The molecular weight excluding hydrogens is 344 g/mol. The maximum atomic E-state index is 12.9. The Morgan fingerprint density at radius 2 is 2.19 bits per heavy atom. The molecule has 1 amide bonds. The van der Waals surface area contributed by atoms with Gasteiger partial charge in [-0.25, -0.2) is 4.98 Å². The number of thiophene rings is 1. The van der Waals surface area contributed by atoms with Crippen molar-refractivity contribution >= 4 is 22.9 Å². The Bertz CT molecular complexity index is 964. The maximum absolute atomic E-state index is 12.9. The molecule has 0 saturated carbocycles. The van der Waals surface area contributed by atoms with E-state index in [4.69, 9.17) is 0 Å². The van der Waals surface area contributed by atoms with Crippen molar-refractivity contribution in [2.45, 2.75) is 18.9 Å². The molecule has 6 heteroatoms. The first-order valence-corrected chi connectivity index (χ1v) is 9.86. The molecule has 1 atom stereocenters. The number of carbonyl (C=O) groups excluding carboxylic acids is 1. The van der Waals surface area contributed by atoms with Crippen molar-refractivity contribution < 1.29 is 4.79 Å². The topological polar surface area (TPSA) is 41.4 Å². The number of likely N-dealkylation sites (N-methyl/N-ethyl adjacent to an activating group) is 1. The SMILES string of the molecule is CCN1c2cccnc2-n2cccc2[C@]12CCN(C(=O)c1cccs1)C2. The first-order valence-electron chi connectivity index (χ1n) is 8.98. The molecular formula is C20H20N4OS. The molecule has 1 fully saturated rings. The van der Waals surface area contributed by atoms with Gasteiger partial charge in [-0.1, -0.05) is 6.07 Å². The summed E-state index contributed by atoms with van der Waals surface area (Å²) in [5.74, 6) is 1.12. The van der Waals surface area contributed by atoms with E-state index in [2.05, 4.69) is 45.8 Å². The molecule has 5 rings (SSSR count). The Kier molecular flexibility index (Phi) is 3.43. The monoisotopic (exact) mass is 364 g/mol. The molecule has 2 aliphatic rings. The smallest absolute Gasteiger partial charge is 0.264 e. The predicted octanol–water partition coefficient (Wildman–Crippen LogP) is 3.52. The number of rotatable bonds is 2. The standard InChI is InChI=1S/C20H20N4OS/c1-2-24-15-6-3-10-21-18(15)23-11-4-8-17(23)20(24)9-12-22(14-20)19(25)16-7-5-13-26-16/h3-8,10-11,13H,2,9,12,14H2,1H3/t20-/m1/s1. The quantitative estimate of drug-likeness (QED) is 0.699. The summed E-state index contributed by atoms with van der Waals surface area (Å²) in [6.45, 7) is 4.54. The molecule has 2 aliphatic heterocycles. The molecule has 26 heavy (non-hydrogen) atoms. The van der Waals surface area contributed by atoms with E-state index < -0.39 is 0 Å². The van der Waals surface area contributed by atoms with E-state index in [0.29, 0.717) is 6.54 Å². The Hall–Kier alpha value is -2.60. The second-order valence-corrected chi connectivity index (χ2v) is 7.79. The van der Waals surface area contributed by atoms with Crippen LogP contribution in [0.5, 0.6) is 0 Å². The Balaban J connectivity index is 1.60. The van der Waals surface area contributed by atoms with Crippen molar-refractivity contribution in [3.8, 4) is 5.82 Å². The molecule has 132 valence electrons. The number of hydrogen-bond donors (Lipinski definition) is 0. The molecule has 1 spiro atoms. The van der Waals surface area contributed by atoms with Gasteiger partial charge >= 0.3 is 0 Å². The number of aromatic nitrogens is 2. The minimum atomic E-state index is -0.193. The van der Waals surface area contributed by atoms with E-state index in [9.17, 15) is 4.79 Å². The fraction of sp³-hybridized carbons (Fsp3) is 0.300. The second-order valence-electron chi connectivity index (χ2n) is 6.84. The number of anilines is 1. The van der Waals surface area contributed by atoms with Gasteiger partial charge in [0.05, 0.1) is 16.3 Å². The second kappa shape index (κ2) is 5.71. The summed E-state index contributed by atoms with van der Waals surface area (Å²) < 4.78 is 2.20. The van der Waals surface area contributed by atoms with Gasteiger partial charge in [-0.15, -0.1) is 11.3 Å². The van der Waals surface area contributed by atoms with Crippen molar-refractivity contribution in [1.29, 1.82) is 0 Å². The van der Waals surface area contributed by atoms with Crippen LogP contribution in [0.15, 0.2) is 54.2 Å². The van der Waals surface area contributed by atoms with Gasteiger partial charge in [-0.05, 0) is 49.1 Å². The number of carbonyl (C=O) groups is 1. The first-order chi connectivity index (χ1) is 12.7. The largest absolute Gasteiger partial charge is 0.356 e. The molecule has 0 bridgehead atoms. The summed E-state index contributed by atoms with van der Waals surface area (Å²) in [5, 5.41) is 1.96.